The smallest absolute Gasteiger partial charge is 0.306 e. The first-order valence-electron chi connectivity index (χ1n) is 6.49. The highest BCUT2D eigenvalue weighted by atomic mass is 16.4. The maximum atomic E-state index is 12.4. The molecule has 1 aliphatic carbocycles. The molecule has 0 aromatic rings. The molecule has 1 aliphatic heterocycles. The van der Waals surface area contributed by atoms with E-state index in [-0.39, 0.29) is 17.2 Å². The normalized spacial score (nSPS) is 23.8. The summed E-state index contributed by atoms with van der Waals surface area (Å²) in [6.07, 6.45) is 3.22. The van der Waals surface area contributed by atoms with Crippen LogP contribution in [0.4, 0.5) is 0 Å². The molecule has 1 heterocycles. The number of carboxylic acid groups (broad SMARTS) is 1. The zero-order valence-corrected chi connectivity index (χ0v) is 10.6. The van der Waals surface area contributed by atoms with Crippen molar-refractivity contribution in [3.63, 3.8) is 0 Å². The highest BCUT2D eigenvalue weighted by Crippen LogP contribution is 2.53. The number of likely N-dealkylation sites (tertiary alicyclic amines) is 1. The summed E-state index contributed by atoms with van der Waals surface area (Å²) in [7, 11) is 0. The van der Waals surface area contributed by atoms with Gasteiger partial charge < -0.3 is 10.0 Å². The Morgan fingerprint density at radius 1 is 1.24 bits per heavy atom. The van der Waals surface area contributed by atoms with Crippen LogP contribution in [0.2, 0.25) is 0 Å². The highest BCUT2D eigenvalue weighted by Gasteiger charge is 2.54. The minimum absolute atomic E-state index is 0.115. The van der Waals surface area contributed by atoms with Gasteiger partial charge in [0.2, 0.25) is 5.91 Å². The van der Waals surface area contributed by atoms with E-state index in [2.05, 4.69) is 13.8 Å². The number of piperidine rings is 1. The molecule has 1 saturated heterocycles. The molecule has 0 radical (unpaired) electrons. The van der Waals surface area contributed by atoms with Crippen molar-refractivity contribution >= 4 is 11.9 Å². The number of nitrogens with zero attached hydrogens (tertiary/aromatic N) is 1. The van der Waals surface area contributed by atoms with Crippen LogP contribution in [0.5, 0.6) is 0 Å². The largest absolute Gasteiger partial charge is 0.481 e. The Labute approximate surface area is 102 Å². The van der Waals surface area contributed by atoms with Gasteiger partial charge in [0.1, 0.15) is 0 Å². The van der Waals surface area contributed by atoms with Crippen LogP contribution in [0.15, 0.2) is 0 Å². The predicted molar refractivity (Wildman–Crippen MR) is 63.4 cm³/mol. The quantitative estimate of drug-likeness (QED) is 0.816. The van der Waals surface area contributed by atoms with E-state index >= 15 is 0 Å². The van der Waals surface area contributed by atoms with Gasteiger partial charge in [-0.05, 0) is 31.6 Å². The lowest BCUT2D eigenvalue weighted by atomic mass is 9.89. The molecule has 17 heavy (non-hydrogen) atoms. The molecule has 1 saturated carbocycles. The second-order valence-electron chi connectivity index (χ2n) is 5.72. The molecule has 0 atom stereocenters. The van der Waals surface area contributed by atoms with Crippen LogP contribution in [0.3, 0.4) is 0 Å². The van der Waals surface area contributed by atoms with Gasteiger partial charge in [0, 0.05) is 13.1 Å². The van der Waals surface area contributed by atoms with Crippen molar-refractivity contribution in [2.24, 2.45) is 17.3 Å². The molecule has 2 rings (SSSR count). The highest BCUT2D eigenvalue weighted by molar-refractivity contribution is 5.86. The average Bonchev–Trinajstić information content (AvgIpc) is 3.09. The topological polar surface area (TPSA) is 57.6 Å². The monoisotopic (exact) mass is 239 g/mol. The van der Waals surface area contributed by atoms with Gasteiger partial charge in [-0.25, -0.2) is 0 Å². The Morgan fingerprint density at radius 3 is 2.12 bits per heavy atom. The first kappa shape index (κ1) is 12.4. The second-order valence-corrected chi connectivity index (χ2v) is 5.72. The molecular formula is C13H21NO3. The zero-order chi connectivity index (χ0) is 12.6. The number of carboxylic acids is 1. The van der Waals surface area contributed by atoms with Crippen LogP contribution >= 0.6 is 0 Å². The van der Waals surface area contributed by atoms with E-state index < -0.39 is 5.97 Å². The summed E-state index contributed by atoms with van der Waals surface area (Å²) in [4.78, 5) is 25.1. The maximum absolute atomic E-state index is 12.4. The van der Waals surface area contributed by atoms with Crippen molar-refractivity contribution in [2.75, 3.05) is 13.1 Å². The fourth-order valence-electron chi connectivity index (χ4n) is 2.82. The average molecular weight is 239 g/mol. The lowest BCUT2D eigenvalue weighted by Crippen LogP contribution is -2.45. The second kappa shape index (κ2) is 4.31. The summed E-state index contributed by atoms with van der Waals surface area (Å²) in [5.41, 5.74) is -0.115. The fourth-order valence-corrected chi connectivity index (χ4v) is 2.82. The van der Waals surface area contributed by atoms with Crippen molar-refractivity contribution in [1.82, 2.24) is 4.90 Å². The molecule has 0 unspecified atom stereocenters. The molecule has 0 bridgehead atoms. The summed E-state index contributed by atoms with van der Waals surface area (Å²) >= 11 is 0. The molecule has 0 aromatic carbocycles. The van der Waals surface area contributed by atoms with Gasteiger partial charge in [-0.3, -0.25) is 9.59 Å². The predicted octanol–water partition coefficient (Wildman–Crippen LogP) is 1.75. The van der Waals surface area contributed by atoms with Crippen molar-refractivity contribution < 1.29 is 14.7 Å². The molecule has 1 amide bonds. The Bertz CT molecular complexity index is 326. The van der Waals surface area contributed by atoms with E-state index in [9.17, 15) is 9.59 Å². The van der Waals surface area contributed by atoms with Crippen LogP contribution in [0.1, 0.15) is 39.5 Å². The first-order chi connectivity index (χ1) is 7.97. The number of amides is 1. The molecule has 2 aliphatic rings. The summed E-state index contributed by atoms with van der Waals surface area (Å²) in [5.74, 6) is -0.320. The molecule has 2 fully saturated rings. The van der Waals surface area contributed by atoms with Crippen molar-refractivity contribution in [1.29, 1.82) is 0 Å². The molecule has 0 spiro atoms. The number of rotatable bonds is 3. The van der Waals surface area contributed by atoms with Crippen LogP contribution in [0.25, 0.3) is 0 Å². The third kappa shape index (κ3) is 2.17. The zero-order valence-electron chi connectivity index (χ0n) is 10.6. The standard InChI is InChI=1S/C13H21NO3/c1-9(2)13(5-6-13)12(17)14-7-3-10(4-8-14)11(15)16/h9-10H,3-8H2,1-2H3,(H,15,16). The number of hydrogen-bond donors (Lipinski definition) is 1. The maximum Gasteiger partial charge on any atom is 0.306 e. The number of aliphatic carboxylic acids is 1. The minimum atomic E-state index is -0.720. The summed E-state index contributed by atoms with van der Waals surface area (Å²) in [6.45, 7) is 5.44. The van der Waals surface area contributed by atoms with Crippen LogP contribution in [0, 0.1) is 17.3 Å². The van der Waals surface area contributed by atoms with E-state index in [4.69, 9.17) is 5.11 Å². The van der Waals surface area contributed by atoms with Crippen molar-refractivity contribution in [3.05, 3.63) is 0 Å². The van der Waals surface area contributed by atoms with E-state index in [1.807, 2.05) is 4.90 Å². The molecule has 96 valence electrons. The Balaban J connectivity index is 1.93. The Morgan fingerprint density at radius 2 is 1.76 bits per heavy atom. The van der Waals surface area contributed by atoms with Crippen molar-refractivity contribution in [2.45, 2.75) is 39.5 Å². The van der Waals surface area contributed by atoms with E-state index in [0.717, 1.165) is 12.8 Å². The molecule has 4 nitrogen and oxygen atoms in total. The molecule has 1 N–H and O–H groups in total. The van der Waals surface area contributed by atoms with Crippen molar-refractivity contribution in [3.8, 4) is 0 Å². The Hall–Kier alpha value is -1.06. The number of carbonyl (C=O) groups is 2. The SMILES string of the molecule is CC(C)C1(C(=O)N2CCC(C(=O)O)CC2)CC1. The molecule has 4 heteroatoms. The lowest BCUT2D eigenvalue weighted by Gasteiger charge is -2.34. The van der Waals surface area contributed by atoms with Gasteiger partial charge in [0.05, 0.1) is 11.3 Å². The van der Waals surface area contributed by atoms with Gasteiger partial charge in [-0.15, -0.1) is 0 Å². The van der Waals surface area contributed by atoms with Gasteiger partial charge in [0.25, 0.3) is 0 Å². The minimum Gasteiger partial charge on any atom is -0.481 e. The third-order valence-electron chi connectivity index (χ3n) is 4.45. The van der Waals surface area contributed by atoms with E-state index in [1.54, 1.807) is 0 Å². The van der Waals surface area contributed by atoms with E-state index in [1.165, 1.54) is 0 Å². The summed E-state index contributed by atoms with van der Waals surface area (Å²) in [5, 5.41) is 8.92. The Kier molecular flexibility index (Phi) is 3.15. The van der Waals surface area contributed by atoms with Crippen LogP contribution < -0.4 is 0 Å². The first-order valence-corrected chi connectivity index (χ1v) is 6.49. The van der Waals surface area contributed by atoms with Gasteiger partial charge >= 0.3 is 5.97 Å². The van der Waals surface area contributed by atoms with Crippen LogP contribution in [-0.4, -0.2) is 35.0 Å². The lowest BCUT2D eigenvalue weighted by molar-refractivity contribution is -0.147. The molecular weight excluding hydrogens is 218 g/mol. The summed E-state index contributed by atoms with van der Waals surface area (Å²) < 4.78 is 0. The third-order valence-corrected chi connectivity index (χ3v) is 4.45. The van der Waals surface area contributed by atoms with Gasteiger partial charge in [-0.2, -0.15) is 0 Å². The molecule has 0 aromatic heterocycles. The number of carbonyl (C=O) groups excluding carboxylic acids is 1. The van der Waals surface area contributed by atoms with Gasteiger partial charge in [0.15, 0.2) is 0 Å². The number of hydrogen-bond acceptors (Lipinski definition) is 2. The van der Waals surface area contributed by atoms with Gasteiger partial charge in [-0.1, -0.05) is 13.8 Å². The van der Waals surface area contributed by atoms with Crippen LogP contribution in [-0.2, 0) is 9.59 Å². The fraction of sp³-hybridized carbons (Fsp3) is 0.846. The van der Waals surface area contributed by atoms with E-state index in [0.29, 0.717) is 31.8 Å². The summed E-state index contributed by atoms with van der Waals surface area (Å²) in [6, 6.07) is 0.